The molecule has 0 heterocycles. The molecule has 187 valence electrons. The van der Waals surface area contributed by atoms with Gasteiger partial charge in [0, 0.05) is 0 Å². The summed E-state index contributed by atoms with van der Waals surface area (Å²) in [5.41, 5.74) is 13.3. The van der Waals surface area contributed by atoms with Crippen LogP contribution in [-0.4, -0.2) is 5.92 Å². The van der Waals surface area contributed by atoms with Gasteiger partial charge in [-0.2, -0.15) is 0 Å². The molecule has 0 amide bonds. The molecule has 1 unspecified atom stereocenters. The van der Waals surface area contributed by atoms with Gasteiger partial charge in [-0.15, -0.1) is 0 Å². The fourth-order valence-electron chi connectivity index (χ4n) is 7.11. The van der Waals surface area contributed by atoms with E-state index in [9.17, 15) is 0 Å². The molecule has 0 spiro atoms. The van der Waals surface area contributed by atoms with Gasteiger partial charge >= 0.3 is 232 Å². The van der Waals surface area contributed by atoms with Crippen molar-refractivity contribution in [3.63, 3.8) is 0 Å². The zero-order valence-electron chi connectivity index (χ0n) is 21.9. The van der Waals surface area contributed by atoms with E-state index in [1.54, 1.807) is 0 Å². The Morgan fingerprint density at radius 2 is 1.16 bits per heavy atom. The van der Waals surface area contributed by atoms with Gasteiger partial charge < -0.3 is 0 Å². The normalized spacial score (nSPS) is 17.6. The number of aryl methyl sites for hydroxylation is 1. The second kappa shape index (κ2) is 9.20. The molecular formula is C33H33Cl2SiZr. The molecule has 2 aliphatic carbocycles. The Bertz CT molecular complexity index is 1520. The van der Waals surface area contributed by atoms with E-state index >= 15 is 0 Å². The summed E-state index contributed by atoms with van der Waals surface area (Å²) in [4.78, 5) is 0. The van der Waals surface area contributed by atoms with Crippen LogP contribution in [0.4, 0.5) is 0 Å². The summed E-state index contributed by atoms with van der Waals surface area (Å²) in [7, 11) is 16.8. The summed E-state index contributed by atoms with van der Waals surface area (Å²) in [6.07, 6.45) is 3.41. The van der Waals surface area contributed by atoms with Gasteiger partial charge in [-0.3, -0.25) is 0 Å². The van der Waals surface area contributed by atoms with Crippen LogP contribution < -0.4 is 0 Å². The first-order valence-electron chi connectivity index (χ1n) is 13.4. The monoisotopic (exact) mass is 617 g/mol. The Balaban J connectivity index is 1.64. The maximum absolute atomic E-state index is 8.42. The third-order valence-corrected chi connectivity index (χ3v) is 60.7. The van der Waals surface area contributed by atoms with E-state index in [-0.39, 0.29) is 7.25 Å². The van der Waals surface area contributed by atoms with E-state index < -0.39 is 21.5 Å². The topological polar surface area (TPSA) is 0 Å². The van der Waals surface area contributed by atoms with Crippen LogP contribution in [0.3, 0.4) is 0 Å². The molecule has 0 bridgehead atoms. The molecule has 0 N–H and O–H groups in total. The summed E-state index contributed by atoms with van der Waals surface area (Å²) < 4.78 is 0.237. The summed E-state index contributed by atoms with van der Waals surface area (Å²) >= 11 is -4.68. The molecular weight excluding hydrogens is 587 g/mol. The van der Waals surface area contributed by atoms with E-state index in [0.29, 0.717) is 0 Å². The molecule has 0 saturated carbocycles. The fourth-order valence-corrected chi connectivity index (χ4v) is 38.1. The van der Waals surface area contributed by atoms with Crippen LogP contribution in [0, 0.1) is 6.92 Å². The predicted octanol–water partition coefficient (Wildman–Crippen LogP) is 10.3. The van der Waals surface area contributed by atoms with Crippen molar-refractivity contribution < 1.29 is 15.6 Å². The second-order valence-electron chi connectivity index (χ2n) is 11.1. The van der Waals surface area contributed by atoms with Crippen molar-refractivity contribution >= 4 is 29.0 Å². The minimum atomic E-state index is -4.68. The number of hydrogen-bond donors (Lipinski definition) is 0. The summed E-state index contributed by atoms with van der Waals surface area (Å²) in [5, 5.41) is 0. The molecule has 6 rings (SSSR count). The Morgan fingerprint density at radius 1 is 0.649 bits per heavy atom. The number of rotatable bonds is 5. The van der Waals surface area contributed by atoms with Crippen LogP contribution >= 0.6 is 17.0 Å². The van der Waals surface area contributed by atoms with E-state index in [1.165, 1.54) is 55.6 Å². The molecule has 0 radical (unpaired) electrons. The van der Waals surface area contributed by atoms with Crippen LogP contribution in [-0.2, 0) is 15.6 Å². The van der Waals surface area contributed by atoms with E-state index in [4.69, 9.17) is 17.0 Å². The van der Waals surface area contributed by atoms with Gasteiger partial charge in [-0.25, -0.2) is 0 Å². The van der Waals surface area contributed by atoms with Gasteiger partial charge in [-0.1, -0.05) is 0 Å². The SMILES string of the molecule is CCC1=Cc2c(-c3ccccc3C)cccc2[CH]1[Zr]([Cl])([Cl])([CH]1c2ccccc2-c2ccccc21)[SiH](C)C. The fraction of sp³-hybridized carbons (Fsp3) is 0.212. The van der Waals surface area contributed by atoms with Crippen LogP contribution in [0.25, 0.3) is 28.3 Å². The number of hydrogen-bond acceptors (Lipinski definition) is 0. The zero-order chi connectivity index (χ0) is 26.0. The molecule has 4 aromatic rings. The van der Waals surface area contributed by atoms with Crippen molar-refractivity contribution in [2.75, 3.05) is 0 Å². The molecule has 2 aliphatic rings. The average molecular weight is 620 g/mol. The first-order valence-corrected chi connectivity index (χ1v) is 29.7. The first-order chi connectivity index (χ1) is 17.8. The quantitative estimate of drug-likeness (QED) is 0.195. The van der Waals surface area contributed by atoms with Crippen LogP contribution in [0.15, 0.2) is 96.6 Å². The number of allylic oxidation sites excluding steroid dienone is 1. The predicted molar refractivity (Wildman–Crippen MR) is 162 cm³/mol. The van der Waals surface area contributed by atoms with Crippen LogP contribution in [0.5, 0.6) is 0 Å². The third-order valence-electron chi connectivity index (χ3n) is 9.03. The molecule has 4 aromatic carbocycles. The molecule has 37 heavy (non-hydrogen) atoms. The van der Waals surface area contributed by atoms with Crippen molar-refractivity contribution in [3.8, 4) is 22.3 Å². The first kappa shape index (κ1) is 25.6. The minimum absolute atomic E-state index is 0.108. The van der Waals surface area contributed by atoms with Crippen molar-refractivity contribution in [3.05, 3.63) is 124 Å². The second-order valence-corrected chi connectivity index (χ2v) is 53.6. The van der Waals surface area contributed by atoms with Gasteiger partial charge in [0.25, 0.3) is 0 Å². The Hall–Kier alpha value is -1.70. The van der Waals surface area contributed by atoms with Gasteiger partial charge in [-0.05, 0) is 0 Å². The Morgan fingerprint density at radius 3 is 1.73 bits per heavy atom. The molecule has 0 aromatic heterocycles. The standard InChI is InChI=1S/C18H17.C13H9.C2H7Si.2ClH.Zr/c1-3-14-11-15-8-6-10-17(18(15)12-14)16-9-5-4-7-13(16)2;1-3-7-12-10(5-1)9-11-6-2-4-8-13(11)12;1-3-2;;;/h4-12H,3H2,1-2H3;1-9H;3H,1-2H3;2*1H;/q;;;;;+2/p-2. The van der Waals surface area contributed by atoms with E-state index in [2.05, 4.69) is 124 Å². The van der Waals surface area contributed by atoms with Gasteiger partial charge in [0.05, 0.1) is 0 Å². The number of benzene rings is 4. The third kappa shape index (κ3) is 3.63. The maximum atomic E-state index is 8.42. The average Bonchev–Trinajstić information content (AvgIpc) is 3.46. The van der Waals surface area contributed by atoms with Gasteiger partial charge in [0.2, 0.25) is 0 Å². The van der Waals surface area contributed by atoms with Crippen molar-refractivity contribution in [1.82, 2.24) is 0 Å². The Labute approximate surface area is 230 Å². The molecule has 1 atom stereocenters. The van der Waals surface area contributed by atoms with E-state index in [1.807, 2.05) is 0 Å². The summed E-state index contributed by atoms with van der Waals surface area (Å²) in [6, 6.07) is 33.2. The summed E-state index contributed by atoms with van der Waals surface area (Å²) in [6.45, 7) is 9.32. The molecule has 4 heteroatoms. The van der Waals surface area contributed by atoms with Crippen molar-refractivity contribution in [2.45, 2.75) is 40.6 Å². The van der Waals surface area contributed by atoms with Crippen molar-refractivity contribution in [1.29, 1.82) is 0 Å². The zero-order valence-corrected chi connectivity index (χ0v) is 27.1. The molecule has 0 nitrogen and oxygen atoms in total. The Kier molecular flexibility index (Phi) is 6.36. The summed E-state index contributed by atoms with van der Waals surface area (Å²) in [5.74, 6) is -1.55. The van der Waals surface area contributed by atoms with E-state index in [0.717, 1.165) is 6.42 Å². The number of fused-ring (bicyclic) bond motifs is 4. The molecule has 0 saturated heterocycles. The molecule has 0 aliphatic heterocycles. The van der Waals surface area contributed by atoms with Crippen molar-refractivity contribution in [2.24, 2.45) is 0 Å². The number of halogens is 2. The van der Waals surface area contributed by atoms with Crippen LogP contribution in [0.2, 0.25) is 13.1 Å². The molecule has 0 fully saturated rings. The van der Waals surface area contributed by atoms with Crippen LogP contribution in [0.1, 0.15) is 48.4 Å². The van der Waals surface area contributed by atoms with Gasteiger partial charge in [0.15, 0.2) is 0 Å². The van der Waals surface area contributed by atoms with Gasteiger partial charge in [0.1, 0.15) is 0 Å².